The fourth-order valence-electron chi connectivity index (χ4n) is 4.07. The van der Waals surface area contributed by atoms with Crippen molar-refractivity contribution in [1.29, 1.82) is 0 Å². The molecule has 1 atom stereocenters. The second-order valence-electron chi connectivity index (χ2n) is 9.07. The highest BCUT2D eigenvalue weighted by Gasteiger charge is 2.39. The Kier molecular flexibility index (Phi) is 12.3. The molecule has 0 saturated carbocycles. The van der Waals surface area contributed by atoms with Crippen molar-refractivity contribution in [1.82, 2.24) is 19.4 Å². The average Bonchev–Trinajstić information content (AvgIpc) is 3.25. The summed E-state index contributed by atoms with van der Waals surface area (Å²) < 4.78 is 77.2. The van der Waals surface area contributed by atoms with Gasteiger partial charge in [0.15, 0.2) is 0 Å². The number of pyridine rings is 1. The molecule has 1 saturated heterocycles. The van der Waals surface area contributed by atoms with Gasteiger partial charge in [0, 0.05) is 64.3 Å². The molecule has 0 bridgehead atoms. The smallest absolute Gasteiger partial charge is 0.475 e. The lowest BCUT2D eigenvalue weighted by atomic mass is 9.98. The van der Waals surface area contributed by atoms with Crippen LogP contribution in [-0.4, -0.2) is 86.9 Å². The summed E-state index contributed by atoms with van der Waals surface area (Å²) in [6.07, 6.45) is -4.14. The van der Waals surface area contributed by atoms with Gasteiger partial charge in [-0.25, -0.2) is 14.6 Å². The predicted molar refractivity (Wildman–Crippen MR) is 126 cm³/mol. The molecule has 2 aromatic rings. The number of fused-ring (bicyclic) bond motifs is 1. The Hall–Kier alpha value is -3.24. The van der Waals surface area contributed by atoms with Crippen LogP contribution in [0.25, 0.3) is 0 Å². The first kappa shape index (κ1) is 33.0. The van der Waals surface area contributed by atoms with E-state index < -0.39 is 24.3 Å². The first-order chi connectivity index (χ1) is 18.7. The number of aryl methyl sites for hydroxylation is 1. The number of rotatable bonds is 6. The van der Waals surface area contributed by atoms with Crippen LogP contribution in [0.15, 0.2) is 30.7 Å². The molecule has 2 aliphatic heterocycles. The van der Waals surface area contributed by atoms with Crippen LogP contribution in [-0.2, 0) is 39.2 Å². The zero-order valence-corrected chi connectivity index (χ0v) is 21.5. The van der Waals surface area contributed by atoms with Crippen molar-refractivity contribution in [3.05, 3.63) is 47.8 Å². The molecule has 1 fully saturated rings. The number of hydrogen-bond acceptors (Lipinski definition) is 7. The molecule has 2 N–H and O–H groups in total. The minimum Gasteiger partial charge on any atom is -0.475 e. The fraction of sp³-hybridized carbons (Fsp3) is 0.583. The summed E-state index contributed by atoms with van der Waals surface area (Å²) in [5.74, 6) is -4.52. The number of nitrogens with zero attached hydrogens (tertiary/aromatic N) is 4. The maximum absolute atomic E-state index is 10.6. The number of carboxylic acid groups (broad SMARTS) is 2. The van der Waals surface area contributed by atoms with Crippen molar-refractivity contribution in [2.24, 2.45) is 13.0 Å². The van der Waals surface area contributed by atoms with Crippen LogP contribution in [0.5, 0.6) is 0 Å². The third-order valence-electron chi connectivity index (χ3n) is 5.91. The normalized spacial score (nSPS) is 18.0. The summed E-state index contributed by atoms with van der Waals surface area (Å²) in [5, 5.41) is 14.2. The van der Waals surface area contributed by atoms with Crippen molar-refractivity contribution >= 4 is 11.9 Å². The van der Waals surface area contributed by atoms with E-state index in [2.05, 4.69) is 32.5 Å². The summed E-state index contributed by atoms with van der Waals surface area (Å²) in [7, 11) is 2.09. The van der Waals surface area contributed by atoms with E-state index in [1.54, 1.807) is 0 Å². The highest BCUT2D eigenvalue weighted by atomic mass is 19.4. The first-order valence-corrected chi connectivity index (χ1v) is 12.1. The zero-order valence-electron chi connectivity index (χ0n) is 21.5. The number of carboxylic acids is 2. The van der Waals surface area contributed by atoms with E-state index in [-0.39, 0.29) is 0 Å². The zero-order chi connectivity index (χ0) is 29.9. The number of halogens is 6. The van der Waals surface area contributed by atoms with Gasteiger partial charge in [0.25, 0.3) is 0 Å². The average molecular weight is 585 g/mol. The van der Waals surface area contributed by atoms with Crippen molar-refractivity contribution in [2.75, 3.05) is 33.0 Å². The highest BCUT2D eigenvalue weighted by Crippen LogP contribution is 2.29. The van der Waals surface area contributed by atoms with E-state index in [1.165, 1.54) is 11.4 Å². The van der Waals surface area contributed by atoms with Crippen LogP contribution in [0.1, 0.15) is 35.8 Å². The minimum atomic E-state index is -5.08. The second-order valence-corrected chi connectivity index (χ2v) is 9.07. The number of aromatic nitrogens is 3. The molecule has 40 heavy (non-hydrogen) atoms. The third kappa shape index (κ3) is 11.1. The van der Waals surface area contributed by atoms with E-state index in [0.29, 0.717) is 11.8 Å². The Labute approximate surface area is 225 Å². The molecule has 2 aromatic heterocycles. The van der Waals surface area contributed by atoms with Gasteiger partial charge < -0.3 is 24.3 Å². The SMILES string of the molecule is Cn1cnc2c1C(COCC1CCOCC1)CN(Cc1ccccn1)C2.O=C(O)C(F)(F)F.O=C(O)C(F)(F)F. The molecular weight excluding hydrogens is 554 g/mol. The van der Waals surface area contributed by atoms with Gasteiger partial charge in [-0.2, -0.15) is 26.3 Å². The maximum Gasteiger partial charge on any atom is 0.490 e. The Morgan fingerprint density at radius 1 is 1.02 bits per heavy atom. The molecule has 1 unspecified atom stereocenters. The summed E-state index contributed by atoms with van der Waals surface area (Å²) in [6.45, 7) is 6.06. The van der Waals surface area contributed by atoms with Gasteiger partial charge in [0.2, 0.25) is 0 Å². The van der Waals surface area contributed by atoms with Gasteiger partial charge >= 0.3 is 24.3 Å². The Morgan fingerprint density at radius 3 is 2.15 bits per heavy atom. The molecule has 0 aromatic carbocycles. The molecule has 0 aliphatic carbocycles. The van der Waals surface area contributed by atoms with Crippen LogP contribution in [0.3, 0.4) is 0 Å². The highest BCUT2D eigenvalue weighted by molar-refractivity contribution is 5.73. The summed E-state index contributed by atoms with van der Waals surface area (Å²) in [4.78, 5) is 29.3. The van der Waals surface area contributed by atoms with Crippen molar-refractivity contribution in [3.63, 3.8) is 0 Å². The molecule has 4 heterocycles. The Morgan fingerprint density at radius 2 is 1.62 bits per heavy atom. The van der Waals surface area contributed by atoms with Gasteiger partial charge in [-0.15, -0.1) is 0 Å². The number of alkyl halides is 6. The topological polar surface area (TPSA) is 127 Å². The number of hydrogen-bond donors (Lipinski definition) is 2. The third-order valence-corrected chi connectivity index (χ3v) is 5.91. The van der Waals surface area contributed by atoms with E-state index >= 15 is 0 Å². The molecule has 2 aliphatic rings. The molecule has 0 radical (unpaired) electrons. The quantitative estimate of drug-likeness (QED) is 0.490. The standard InChI is InChI=1S/C20H28N4O2.2C2HF3O2/c1-23-15-22-19-12-24(11-18-4-2-3-7-21-18)10-17(20(19)23)14-26-13-16-5-8-25-9-6-16;2*3-2(4,5)1(6)7/h2-4,7,15-17H,5-6,8-14H2,1H3;2*(H,6,7). The van der Waals surface area contributed by atoms with Crippen molar-refractivity contribution in [3.8, 4) is 0 Å². The van der Waals surface area contributed by atoms with Gasteiger partial charge in [-0.1, -0.05) is 6.07 Å². The molecule has 16 heteroatoms. The van der Waals surface area contributed by atoms with Crippen LogP contribution in [0.2, 0.25) is 0 Å². The predicted octanol–water partition coefficient (Wildman–Crippen LogP) is 3.62. The lowest BCUT2D eigenvalue weighted by Crippen LogP contribution is -2.36. The molecule has 224 valence electrons. The number of ether oxygens (including phenoxy) is 2. The maximum atomic E-state index is 10.6. The van der Waals surface area contributed by atoms with Gasteiger partial charge in [0.05, 0.1) is 24.3 Å². The molecular formula is C24H30F6N4O6. The van der Waals surface area contributed by atoms with Crippen molar-refractivity contribution in [2.45, 2.75) is 44.2 Å². The van der Waals surface area contributed by atoms with Gasteiger partial charge in [-0.3, -0.25) is 9.88 Å². The van der Waals surface area contributed by atoms with Gasteiger partial charge in [0.1, 0.15) is 0 Å². The summed E-state index contributed by atoms with van der Waals surface area (Å²) in [6, 6.07) is 6.10. The monoisotopic (exact) mass is 584 g/mol. The van der Waals surface area contributed by atoms with E-state index in [4.69, 9.17) is 29.3 Å². The molecule has 0 amide bonds. The van der Waals surface area contributed by atoms with Crippen LogP contribution >= 0.6 is 0 Å². The summed E-state index contributed by atoms with van der Waals surface area (Å²) >= 11 is 0. The van der Waals surface area contributed by atoms with E-state index in [9.17, 15) is 26.3 Å². The van der Waals surface area contributed by atoms with E-state index in [0.717, 1.165) is 64.6 Å². The van der Waals surface area contributed by atoms with E-state index in [1.807, 2.05) is 24.7 Å². The van der Waals surface area contributed by atoms with Gasteiger partial charge in [-0.05, 0) is 30.9 Å². The summed E-state index contributed by atoms with van der Waals surface area (Å²) in [5.41, 5.74) is 3.61. The number of carbonyl (C=O) groups is 2. The number of imidazole rings is 1. The van der Waals surface area contributed by atoms with Crippen LogP contribution < -0.4 is 0 Å². The fourth-order valence-corrected chi connectivity index (χ4v) is 4.07. The Bertz CT molecular complexity index is 1050. The lowest BCUT2D eigenvalue weighted by Gasteiger charge is -2.33. The molecule has 0 spiro atoms. The van der Waals surface area contributed by atoms with Crippen molar-refractivity contribution < 1.29 is 55.6 Å². The van der Waals surface area contributed by atoms with Crippen LogP contribution in [0, 0.1) is 5.92 Å². The minimum absolute atomic E-state index is 0.356. The van der Waals surface area contributed by atoms with Crippen LogP contribution in [0.4, 0.5) is 26.3 Å². The number of aliphatic carboxylic acids is 2. The molecule has 4 rings (SSSR count). The second kappa shape index (κ2) is 14.9. The lowest BCUT2D eigenvalue weighted by molar-refractivity contribution is -0.193. The largest absolute Gasteiger partial charge is 0.490 e. The first-order valence-electron chi connectivity index (χ1n) is 12.1. The Balaban J connectivity index is 0.000000333. The molecule has 10 nitrogen and oxygen atoms in total.